The van der Waals surface area contributed by atoms with Crippen LogP contribution >= 0.6 is 0 Å². The fraction of sp³-hybridized carbons (Fsp3) is 0.424. The number of rotatable bonds is 12. The lowest BCUT2D eigenvalue weighted by Gasteiger charge is -2.22. The molecule has 3 aromatic carbocycles. The molecule has 0 fully saturated rings. The average molecular weight is 533 g/mol. The minimum atomic E-state index is -0.426. The van der Waals surface area contributed by atoms with Gasteiger partial charge in [0.05, 0.1) is 40.1 Å². The SMILES string of the molecule is COCCOCCOCCOc1ccc(C2c3cc(C)ccc3-c3ccc(C(C)(C)C)cc32)cc1C(=O)OC. The monoisotopic (exact) mass is 532 g/mol. The normalized spacial score (nSPS) is 14.2. The van der Waals surface area contributed by atoms with E-state index in [1.807, 2.05) is 12.1 Å². The Kier molecular flexibility index (Phi) is 9.44. The zero-order chi connectivity index (χ0) is 28.0. The molecule has 4 rings (SSSR count). The lowest BCUT2D eigenvalue weighted by Crippen LogP contribution is -2.14. The summed E-state index contributed by atoms with van der Waals surface area (Å²) in [4.78, 5) is 12.8. The second kappa shape index (κ2) is 12.8. The predicted octanol–water partition coefficient (Wildman–Crippen LogP) is 6.30. The Morgan fingerprint density at radius 3 is 2.08 bits per heavy atom. The van der Waals surface area contributed by atoms with Crippen molar-refractivity contribution in [2.75, 3.05) is 53.9 Å². The third-order valence-electron chi connectivity index (χ3n) is 7.07. The van der Waals surface area contributed by atoms with Crippen molar-refractivity contribution < 1.29 is 28.5 Å². The molecule has 0 aromatic heterocycles. The first kappa shape index (κ1) is 28.8. The van der Waals surface area contributed by atoms with Gasteiger partial charge in [-0.05, 0) is 57.9 Å². The van der Waals surface area contributed by atoms with E-state index in [1.54, 1.807) is 7.11 Å². The van der Waals surface area contributed by atoms with Gasteiger partial charge in [-0.1, -0.05) is 68.8 Å². The van der Waals surface area contributed by atoms with Gasteiger partial charge in [0.25, 0.3) is 0 Å². The molecule has 39 heavy (non-hydrogen) atoms. The molecule has 1 aliphatic rings. The van der Waals surface area contributed by atoms with Crippen molar-refractivity contribution in [1.29, 1.82) is 0 Å². The minimum absolute atomic E-state index is 0.0103. The van der Waals surface area contributed by atoms with E-state index in [0.717, 1.165) is 5.56 Å². The highest BCUT2D eigenvalue weighted by molar-refractivity contribution is 5.93. The number of fused-ring (bicyclic) bond motifs is 3. The first-order chi connectivity index (χ1) is 18.7. The van der Waals surface area contributed by atoms with Gasteiger partial charge in [0, 0.05) is 13.0 Å². The molecule has 1 aliphatic carbocycles. The van der Waals surface area contributed by atoms with E-state index in [2.05, 4.69) is 70.2 Å². The number of esters is 1. The maximum absolute atomic E-state index is 12.8. The molecule has 0 radical (unpaired) electrons. The molecule has 208 valence electrons. The van der Waals surface area contributed by atoms with Crippen LogP contribution in [0.15, 0.2) is 54.6 Å². The van der Waals surface area contributed by atoms with E-state index in [-0.39, 0.29) is 11.3 Å². The molecule has 3 aromatic rings. The maximum Gasteiger partial charge on any atom is 0.341 e. The molecule has 0 bridgehead atoms. The molecule has 0 aliphatic heterocycles. The van der Waals surface area contributed by atoms with Crippen LogP contribution in [0.3, 0.4) is 0 Å². The topological polar surface area (TPSA) is 63.2 Å². The van der Waals surface area contributed by atoms with Crippen LogP contribution in [-0.4, -0.2) is 59.8 Å². The summed E-state index contributed by atoms with van der Waals surface area (Å²) >= 11 is 0. The number of aryl methyl sites for hydroxylation is 1. The Hall–Kier alpha value is -3.19. The van der Waals surface area contributed by atoms with Crippen LogP contribution in [0.5, 0.6) is 5.75 Å². The van der Waals surface area contributed by atoms with Gasteiger partial charge in [0.1, 0.15) is 17.9 Å². The smallest absolute Gasteiger partial charge is 0.341 e. The van der Waals surface area contributed by atoms with Crippen LogP contribution in [0.2, 0.25) is 0 Å². The average Bonchev–Trinajstić information content (AvgIpc) is 3.24. The Labute approximate surface area is 232 Å². The van der Waals surface area contributed by atoms with Gasteiger partial charge in [-0.25, -0.2) is 4.79 Å². The molecule has 6 nitrogen and oxygen atoms in total. The molecular weight excluding hydrogens is 492 g/mol. The van der Waals surface area contributed by atoms with Gasteiger partial charge in [-0.15, -0.1) is 0 Å². The predicted molar refractivity (Wildman–Crippen MR) is 153 cm³/mol. The largest absolute Gasteiger partial charge is 0.490 e. The van der Waals surface area contributed by atoms with Gasteiger partial charge in [-0.3, -0.25) is 0 Å². The van der Waals surface area contributed by atoms with Gasteiger partial charge >= 0.3 is 5.97 Å². The Balaban J connectivity index is 1.59. The van der Waals surface area contributed by atoms with Crippen molar-refractivity contribution in [2.45, 2.75) is 39.0 Å². The molecule has 0 saturated carbocycles. The molecule has 1 atom stereocenters. The summed E-state index contributed by atoms with van der Waals surface area (Å²) in [6.07, 6.45) is 0. The van der Waals surface area contributed by atoms with Crippen molar-refractivity contribution >= 4 is 5.97 Å². The summed E-state index contributed by atoms with van der Waals surface area (Å²) in [5.41, 5.74) is 8.95. The third-order valence-corrected chi connectivity index (χ3v) is 7.07. The molecule has 6 heteroatoms. The van der Waals surface area contributed by atoms with Gasteiger partial charge in [0.2, 0.25) is 0 Å². The summed E-state index contributed by atoms with van der Waals surface area (Å²) in [6, 6.07) is 19.3. The summed E-state index contributed by atoms with van der Waals surface area (Å²) in [6.45, 7) is 11.6. The first-order valence-electron chi connectivity index (χ1n) is 13.5. The summed E-state index contributed by atoms with van der Waals surface area (Å²) in [5.74, 6) is 0.0678. The van der Waals surface area contributed by atoms with Crippen LogP contribution in [-0.2, 0) is 24.4 Å². The summed E-state index contributed by atoms with van der Waals surface area (Å²) < 4.78 is 27.0. The number of benzene rings is 3. The van der Waals surface area contributed by atoms with Crippen LogP contribution < -0.4 is 4.74 Å². The van der Waals surface area contributed by atoms with Crippen molar-refractivity contribution in [3.05, 3.63) is 88.0 Å². The zero-order valence-electron chi connectivity index (χ0n) is 24.0. The maximum atomic E-state index is 12.8. The molecule has 0 spiro atoms. The van der Waals surface area contributed by atoms with Gasteiger partial charge in [-0.2, -0.15) is 0 Å². The summed E-state index contributed by atoms with van der Waals surface area (Å²) in [7, 11) is 3.03. The quantitative estimate of drug-likeness (QED) is 0.158. The van der Waals surface area contributed by atoms with E-state index in [9.17, 15) is 4.79 Å². The van der Waals surface area contributed by atoms with Crippen LogP contribution in [0.4, 0.5) is 0 Å². The van der Waals surface area contributed by atoms with Crippen LogP contribution in [0.25, 0.3) is 11.1 Å². The van der Waals surface area contributed by atoms with E-state index < -0.39 is 5.97 Å². The molecular formula is C33H40O6. The number of carbonyl (C=O) groups excluding carboxylic acids is 1. The standard InChI is InChI=1S/C33H40O6/c1-22-7-10-25-26-11-9-24(33(2,3)4)21-28(26)31(27(25)19-22)23-8-12-30(29(20-23)32(34)36-6)39-18-17-38-16-15-37-14-13-35-5/h7-12,19-21,31H,13-18H2,1-6H3. The van der Waals surface area contributed by atoms with Crippen molar-refractivity contribution in [1.82, 2.24) is 0 Å². The second-order valence-electron chi connectivity index (χ2n) is 10.9. The molecule has 0 N–H and O–H groups in total. The van der Waals surface area contributed by atoms with Crippen LogP contribution in [0, 0.1) is 6.92 Å². The number of methoxy groups -OCH3 is 2. The van der Waals surface area contributed by atoms with Crippen molar-refractivity contribution in [3.63, 3.8) is 0 Å². The highest BCUT2D eigenvalue weighted by Crippen LogP contribution is 2.49. The zero-order valence-corrected chi connectivity index (χ0v) is 24.0. The third kappa shape index (κ3) is 6.70. The molecule has 1 unspecified atom stereocenters. The van der Waals surface area contributed by atoms with E-state index >= 15 is 0 Å². The van der Waals surface area contributed by atoms with Crippen LogP contribution in [0.1, 0.15) is 64.9 Å². The molecule has 0 heterocycles. The van der Waals surface area contributed by atoms with Gasteiger partial charge < -0.3 is 23.7 Å². The lowest BCUT2D eigenvalue weighted by molar-refractivity contribution is 0.0178. The molecule has 0 amide bonds. The number of carbonyl (C=O) groups is 1. The highest BCUT2D eigenvalue weighted by Gasteiger charge is 2.32. The Morgan fingerprint density at radius 2 is 1.41 bits per heavy atom. The highest BCUT2D eigenvalue weighted by atomic mass is 16.6. The molecule has 0 saturated heterocycles. The summed E-state index contributed by atoms with van der Waals surface area (Å²) in [5, 5.41) is 0. The van der Waals surface area contributed by atoms with E-state index in [4.69, 9.17) is 23.7 Å². The Morgan fingerprint density at radius 1 is 0.769 bits per heavy atom. The van der Waals surface area contributed by atoms with Crippen molar-refractivity contribution in [2.24, 2.45) is 0 Å². The van der Waals surface area contributed by atoms with Gasteiger partial charge in [0.15, 0.2) is 0 Å². The minimum Gasteiger partial charge on any atom is -0.490 e. The second-order valence-corrected chi connectivity index (χ2v) is 10.9. The fourth-order valence-corrected chi connectivity index (χ4v) is 5.00. The Bertz CT molecular complexity index is 1290. The fourth-order valence-electron chi connectivity index (χ4n) is 5.00. The number of hydrogen-bond donors (Lipinski definition) is 0. The first-order valence-corrected chi connectivity index (χ1v) is 13.5. The number of ether oxygens (including phenoxy) is 5. The van der Waals surface area contributed by atoms with E-state index in [1.165, 1.54) is 40.5 Å². The van der Waals surface area contributed by atoms with E-state index in [0.29, 0.717) is 51.0 Å². The lowest BCUT2D eigenvalue weighted by atomic mass is 9.82. The number of hydrogen-bond acceptors (Lipinski definition) is 6. The van der Waals surface area contributed by atoms with Crippen molar-refractivity contribution in [3.8, 4) is 16.9 Å².